The van der Waals surface area contributed by atoms with Gasteiger partial charge in [-0.1, -0.05) is 12.1 Å². The lowest BCUT2D eigenvalue weighted by molar-refractivity contribution is -0.115. The van der Waals surface area contributed by atoms with Crippen LogP contribution in [0.15, 0.2) is 34.7 Å². The molecule has 6 nitrogen and oxygen atoms in total. The van der Waals surface area contributed by atoms with E-state index in [9.17, 15) is 9.59 Å². The van der Waals surface area contributed by atoms with Crippen molar-refractivity contribution in [1.29, 1.82) is 0 Å². The first-order chi connectivity index (χ1) is 10.0. The Balaban J connectivity index is 1.92. The summed E-state index contributed by atoms with van der Waals surface area (Å²) in [6.45, 7) is 2.37. The predicted octanol–water partition coefficient (Wildman–Crippen LogP) is 2.24. The number of hydrogen-bond acceptors (Lipinski definition) is 4. The highest BCUT2D eigenvalue weighted by Gasteiger charge is 2.23. The molecule has 0 bridgehead atoms. The van der Waals surface area contributed by atoms with Gasteiger partial charge in [-0.2, -0.15) is 0 Å². The molecule has 1 amide bonds. The summed E-state index contributed by atoms with van der Waals surface area (Å²) in [6.07, 6.45) is 0. The van der Waals surface area contributed by atoms with Crippen molar-refractivity contribution in [3.63, 3.8) is 0 Å². The van der Waals surface area contributed by atoms with Crippen molar-refractivity contribution < 1.29 is 19.1 Å². The molecule has 0 radical (unpaired) electrons. The molecule has 2 N–H and O–H groups in total. The number of benzene rings is 1. The maximum absolute atomic E-state index is 11.8. The number of aromatic carboxylic acids is 1. The van der Waals surface area contributed by atoms with Crippen LogP contribution in [-0.4, -0.2) is 23.5 Å². The molecule has 0 aliphatic carbocycles. The van der Waals surface area contributed by atoms with Crippen molar-refractivity contribution in [2.24, 2.45) is 0 Å². The highest BCUT2D eigenvalue weighted by atomic mass is 16.4. The molecule has 0 atom stereocenters. The molecule has 1 aliphatic rings. The van der Waals surface area contributed by atoms with E-state index in [1.807, 2.05) is 29.2 Å². The fraction of sp³-hybridized carbons (Fsp3) is 0.200. The van der Waals surface area contributed by atoms with Crippen LogP contribution in [-0.2, 0) is 11.3 Å². The van der Waals surface area contributed by atoms with E-state index < -0.39 is 5.97 Å². The van der Waals surface area contributed by atoms with Gasteiger partial charge < -0.3 is 19.7 Å². The molecular weight excluding hydrogens is 272 g/mol. The van der Waals surface area contributed by atoms with E-state index >= 15 is 0 Å². The molecule has 2 aromatic rings. The monoisotopic (exact) mass is 286 g/mol. The number of para-hydroxylation sites is 2. The van der Waals surface area contributed by atoms with Crippen molar-refractivity contribution in [2.45, 2.75) is 13.5 Å². The number of hydrogen-bond donors (Lipinski definition) is 2. The second-order valence-electron chi connectivity index (χ2n) is 4.92. The van der Waals surface area contributed by atoms with Crippen LogP contribution in [0.3, 0.4) is 0 Å². The highest BCUT2D eigenvalue weighted by Crippen LogP contribution is 2.30. The Bertz CT molecular complexity index is 720. The third-order valence-electron chi connectivity index (χ3n) is 3.45. The van der Waals surface area contributed by atoms with Crippen LogP contribution >= 0.6 is 0 Å². The molecule has 1 aromatic carbocycles. The average molecular weight is 286 g/mol. The average Bonchev–Trinajstić information content (AvgIpc) is 2.80. The molecule has 0 unspecified atom stereocenters. The van der Waals surface area contributed by atoms with Crippen molar-refractivity contribution in [2.75, 3.05) is 16.8 Å². The molecule has 6 heteroatoms. The Morgan fingerprint density at radius 2 is 2.19 bits per heavy atom. The lowest BCUT2D eigenvalue weighted by atomic mass is 10.1. The fourth-order valence-electron chi connectivity index (χ4n) is 2.43. The first-order valence-corrected chi connectivity index (χ1v) is 6.51. The largest absolute Gasteiger partial charge is 0.475 e. The van der Waals surface area contributed by atoms with Crippen LogP contribution in [0.2, 0.25) is 0 Å². The van der Waals surface area contributed by atoms with E-state index in [0.29, 0.717) is 12.3 Å². The van der Waals surface area contributed by atoms with Gasteiger partial charge in [0.2, 0.25) is 11.7 Å². The number of aryl methyl sites for hydroxylation is 1. The highest BCUT2D eigenvalue weighted by molar-refractivity contribution is 6.01. The van der Waals surface area contributed by atoms with Crippen LogP contribution in [0.25, 0.3) is 0 Å². The number of amides is 1. The minimum absolute atomic E-state index is 0.0859. The molecule has 108 valence electrons. The molecule has 21 heavy (non-hydrogen) atoms. The zero-order valence-corrected chi connectivity index (χ0v) is 11.4. The quantitative estimate of drug-likeness (QED) is 0.904. The number of carbonyl (C=O) groups is 2. The van der Waals surface area contributed by atoms with Crippen LogP contribution in [0, 0.1) is 6.92 Å². The van der Waals surface area contributed by atoms with E-state index in [2.05, 4.69) is 5.32 Å². The summed E-state index contributed by atoms with van der Waals surface area (Å²) < 4.78 is 5.21. The van der Waals surface area contributed by atoms with Gasteiger partial charge >= 0.3 is 5.97 Å². The summed E-state index contributed by atoms with van der Waals surface area (Å²) in [5, 5.41) is 11.8. The minimum Gasteiger partial charge on any atom is -0.475 e. The van der Waals surface area contributed by atoms with Gasteiger partial charge in [0.25, 0.3) is 0 Å². The van der Waals surface area contributed by atoms with E-state index in [-0.39, 0.29) is 18.2 Å². The number of carbonyl (C=O) groups excluding carboxylic acids is 1. The van der Waals surface area contributed by atoms with Gasteiger partial charge in [0, 0.05) is 12.1 Å². The number of rotatable bonds is 3. The molecule has 0 saturated carbocycles. The SMILES string of the molecule is Cc1oc(C(=O)O)cc1CN1CC(=O)Nc2ccccc21. The first-order valence-electron chi connectivity index (χ1n) is 6.51. The summed E-state index contributed by atoms with van der Waals surface area (Å²) in [6, 6.07) is 9.02. The van der Waals surface area contributed by atoms with Gasteiger partial charge in [-0.3, -0.25) is 4.79 Å². The van der Waals surface area contributed by atoms with Crippen LogP contribution in [0.4, 0.5) is 11.4 Å². The maximum atomic E-state index is 11.8. The summed E-state index contributed by atoms with van der Waals surface area (Å²) >= 11 is 0. The summed E-state index contributed by atoms with van der Waals surface area (Å²) in [5.74, 6) is -0.720. The van der Waals surface area contributed by atoms with E-state index in [4.69, 9.17) is 9.52 Å². The molecule has 1 aliphatic heterocycles. The maximum Gasteiger partial charge on any atom is 0.371 e. The Hall–Kier alpha value is -2.76. The van der Waals surface area contributed by atoms with Gasteiger partial charge in [-0.25, -0.2) is 4.79 Å². The summed E-state index contributed by atoms with van der Waals surface area (Å²) in [4.78, 5) is 24.6. The molecule has 0 saturated heterocycles. The molecular formula is C15H14N2O4. The fourth-order valence-corrected chi connectivity index (χ4v) is 2.43. The van der Waals surface area contributed by atoms with Gasteiger partial charge in [0.1, 0.15) is 5.76 Å². The normalized spacial score (nSPS) is 13.8. The lowest BCUT2D eigenvalue weighted by Gasteiger charge is -2.30. The smallest absolute Gasteiger partial charge is 0.371 e. The number of carboxylic acids is 1. The number of anilines is 2. The molecule has 2 heterocycles. The standard InChI is InChI=1S/C15H14N2O4/c1-9-10(6-13(21-9)15(19)20)7-17-8-14(18)16-11-4-2-3-5-12(11)17/h2-6H,7-8H2,1H3,(H,16,18)(H,19,20). The Labute approximate surface area is 121 Å². The van der Waals surface area contributed by atoms with Gasteiger partial charge in [0.15, 0.2) is 0 Å². The molecule has 0 fully saturated rings. The second-order valence-corrected chi connectivity index (χ2v) is 4.92. The number of fused-ring (bicyclic) bond motifs is 1. The van der Waals surface area contributed by atoms with Gasteiger partial charge in [-0.15, -0.1) is 0 Å². The van der Waals surface area contributed by atoms with Crippen molar-refractivity contribution >= 4 is 23.3 Å². The topological polar surface area (TPSA) is 82.8 Å². The molecule has 0 spiro atoms. The van der Waals surface area contributed by atoms with E-state index in [1.54, 1.807) is 6.92 Å². The third kappa shape index (κ3) is 2.47. The predicted molar refractivity (Wildman–Crippen MR) is 76.5 cm³/mol. The Morgan fingerprint density at radius 3 is 2.90 bits per heavy atom. The Morgan fingerprint density at radius 1 is 1.43 bits per heavy atom. The number of carboxylic acid groups (broad SMARTS) is 1. The van der Waals surface area contributed by atoms with E-state index in [0.717, 1.165) is 16.9 Å². The van der Waals surface area contributed by atoms with Crippen molar-refractivity contribution in [3.05, 3.63) is 47.4 Å². The van der Waals surface area contributed by atoms with Gasteiger partial charge in [-0.05, 0) is 25.1 Å². The third-order valence-corrected chi connectivity index (χ3v) is 3.45. The van der Waals surface area contributed by atoms with Crippen molar-refractivity contribution in [3.8, 4) is 0 Å². The van der Waals surface area contributed by atoms with Gasteiger partial charge in [0.05, 0.1) is 17.9 Å². The first kappa shape index (κ1) is 13.2. The zero-order valence-electron chi connectivity index (χ0n) is 11.4. The number of furan rings is 1. The second kappa shape index (κ2) is 4.97. The van der Waals surface area contributed by atoms with Crippen LogP contribution in [0.5, 0.6) is 0 Å². The zero-order chi connectivity index (χ0) is 15.0. The lowest BCUT2D eigenvalue weighted by Crippen LogP contribution is -2.37. The molecule has 1 aromatic heterocycles. The summed E-state index contributed by atoms with van der Waals surface area (Å²) in [7, 11) is 0. The Kier molecular flexibility index (Phi) is 3.13. The summed E-state index contributed by atoms with van der Waals surface area (Å²) in [5.41, 5.74) is 2.43. The molecule has 3 rings (SSSR count). The van der Waals surface area contributed by atoms with Crippen LogP contribution in [0.1, 0.15) is 21.9 Å². The van der Waals surface area contributed by atoms with Crippen molar-refractivity contribution in [1.82, 2.24) is 0 Å². The minimum atomic E-state index is -1.10. The number of nitrogens with one attached hydrogen (secondary N) is 1. The van der Waals surface area contributed by atoms with E-state index in [1.165, 1.54) is 6.07 Å². The number of nitrogens with zero attached hydrogens (tertiary/aromatic N) is 1. The van der Waals surface area contributed by atoms with Crippen LogP contribution < -0.4 is 10.2 Å².